The number of H-pyrrole nitrogens is 1. The molecule has 2 aromatic carbocycles. The smallest absolute Gasteiger partial charge is 0.410 e. The SMILES string of the molecule is CN(CCc1cccc2c1[nH]c(=O)n2Cc1ccccc1)C(=O)OC(C)(C)C. The molecule has 0 saturated carbocycles. The van der Waals surface area contributed by atoms with Gasteiger partial charge < -0.3 is 14.6 Å². The van der Waals surface area contributed by atoms with Crippen molar-refractivity contribution in [3.05, 3.63) is 70.1 Å². The van der Waals surface area contributed by atoms with E-state index >= 15 is 0 Å². The van der Waals surface area contributed by atoms with Crippen LogP contribution in [0.1, 0.15) is 31.9 Å². The van der Waals surface area contributed by atoms with Crippen LogP contribution in [0.5, 0.6) is 0 Å². The molecule has 6 heteroatoms. The monoisotopic (exact) mass is 381 g/mol. The van der Waals surface area contributed by atoms with E-state index in [9.17, 15) is 9.59 Å². The lowest BCUT2D eigenvalue weighted by Crippen LogP contribution is -2.35. The number of imidazole rings is 1. The average Bonchev–Trinajstić information content (AvgIpc) is 2.95. The number of rotatable bonds is 5. The van der Waals surface area contributed by atoms with Crippen LogP contribution in [0.3, 0.4) is 0 Å². The molecule has 0 spiro atoms. The molecule has 28 heavy (non-hydrogen) atoms. The van der Waals surface area contributed by atoms with Crippen LogP contribution in [-0.2, 0) is 17.7 Å². The lowest BCUT2D eigenvalue weighted by molar-refractivity contribution is 0.0301. The van der Waals surface area contributed by atoms with Crippen molar-refractivity contribution >= 4 is 17.1 Å². The fraction of sp³-hybridized carbons (Fsp3) is 0.364. The van der Waals surface area contributed by atoms with Gasteiger partial charge in [0.1, 0.15) is 5.60 Å². The molecule has 0 saturated heterocycles. The summed E-state index contributed by atoms with van der Waals surface area (Å²) in [7, 11) is 1.72. The maximum Gasteiger partial charge on any atom is 0.410 e. The lowest BCUT2D eigenvalue weighted by Gasteiger charge is -2.24. The molecule has 3 rings (SSSR count). The Morgan fingerprint density at radius 1 is 1.11 bits per heavy atom. The third kappa shape index (κ3) is 4.63. The maximum atomic E-state index is 12.5. The van der Waals surface area contributed by atoms with Crippen molar-refractivity contribution in [2.24, 2.45) is 0 Å². The number of hydrogen-bond donors (Lipinski definition) is 1. The third-order valence-electron chi connectivity index (χ3n) is 4.50. The molecule has 0 radical (unpaired) electrons. The first-order valence-corrected chi connectivity index (χ1v) is 9.43. The van der Waals surface area contributed by atoms with Crippen molar-refractivity contribution in [3.8, 4) is 0 Å². The fourth-order valence-corrected chi connectivity index (χ4v) is 3.09. The van der Waals surface area contributed by atoms with Crippen LogP contribution < -0.4 is 5.69 Å². The van der Waals surface area contributed by atoms with Crippen molar-refractivity contribution in [2.75, 3.05) is 13.6 Å². The number of carbonyl (C=O) groups excluding carboxylic acids is 1. The van der Waals surface area contributed by atoms with Crippen molar-refractivity contribution < 1.29 is 9.53 Å². The molecular formula is C22H27N3O3. The number of para-hydroxylation sites is 1. The van der Waals surface area contributed by atoms with Crippen LogP contribution in [0.4, 0.5) is 4.79 Å². The van der Waals surface area contributed by atoms with Crippen molar-refractivity contribution in [1.82, 2.24) is 14.5 Å². The molecule has 6 nitrogen and oxygen atoms in total. The zero-order valence-electron chi connectivity index (χ0n) is 16.9. The highest BCUT2D eigenvalue weighted by Gasteiger charge is 2.20. The van der Waals surface area contributed by atoms with Crippen molar-refractivity contribution in [2.45, 2.75) is 39.3 Å². The Kier molecular flexibility index (Phi) is 5.58. The molecular weight excluding hydrogens is 354 g/mol. The first-order valence-electron chi connectivity index (χ1n) is 9.43. The van der Waals surface area contributed by atoms with Gasteiger partial charge in [-0.25, -0.2) is 9.59 Å². The molecule has 148 valence electrons. The van der Waals surface area contributed by atoms with Gasteiger partial charge in [-0.15, -0.1) is 0 Å². The summed E-state index contributed by atoms with van der Waals surface area (Å²) in [4.78, 5) is 29.2. The van der Waals surface area contributed by atoms with Gasteiger partial charge in [-0.05, 0) is 44.4 Å². The third-order valence-corrected chi connectivity index (χ3v) is 4.50. The van der Waals surface area contributed by atoms with E-state index in [0.29, 0.717) is 19.5 Å². The first kappa shape index (κ1) is 19.7. The summed E-state index contributed by atoms with van der Waals surface area (Å²) in [6.07, 6.45) is 0.271. The predicted octanol–water partition coefficient (Wildman–Crippen LogP) is 3.79. The average molecular weight is 381 g/mol. The Morgan fingerprint density at radius 3 is 2.50 bits per heavy atom. The fourth-order valence-electron chi connectivity index (χ4n) is 3.09. The van der Waals surface area contributed by atoms with Gasteiger partial charge in [0.25, 0.3) is 0 Å². The summed E-state index contributed by atoms with van der Waals surface area (Å²) >= 11 is 0. The highest BCUT2D eigenvalue weighted by atomic mass is 16.6. The van der Waals surface area contributed by atoms with E-state index in [1.807, 2.05) is 69.3 Å². The van der Waals surface area contributed by atoms with Gasteiger partial charge in [-0.3, -0.25) is 4.57 Å². The second-order valence-electron chi connectivity index (χ2n) is 7.97. The van der Waals surface area contributed by atoms with Crippen molar-refractivity contribution in [3.63, 3.8) is 0 Å². The van der Waals surface area contributed by atoms with Crippen molar-refractivity contribution in [1.29, 1.82) is 0 Å². The second-order valence-corrected chi connectivity index (χ2v) is 7.97. The minimum atomic E-state index is -0.523. The lowest BCUT2D eigenvalue weighted by atomic mass is 10.1. The number of ether oxygens (including phenoxy) is 1. The van der Waals surface area contributed by atoms with E-state index in [2.05, 4.69) is 4.98 Å². The molecule has 0 atom stereocenters. The number of likely N-dealkylation sites (N-methyl/N-ethyl adjacent to an activating group) is 1. The zero-order chi connectivity index (χ0) is 20.3. The van der Waals surface area contributed by atoms with Crippen LogP contribution in [-0.4, -0.2) is 39.7 Å². The highest BCUT2D eigenvalue weighted by molar-refractivity contribution is 5.79. The van der Waals surface area contributed by atoms with E-state index in [1.165, 1.54) is 0 Å². The number of fused-ring (bicyclic) bond motifs is 1. The van der Waals surface area contributed by atoms with Gasteiger partial charge in [0, 0.05) is 13.6 Å². The first-order chi connectivity index (χ1) is 13.2. The number of hydrogen-bond acceptors (Lipinski definition) is 3. The molecule has 0 aliphatic heterocycles. The summed E-state index contributed by atoms with van der Waals surface area (Å²) in [6.45, 7) is 6.56. The predicted molar refractivity (Wildman–Crippen MR) is 111 cm³/mol. The number of amides is 1. The van der Waals surface area contributed by atoms with E-state index in [0.717, 1.165) is 22.2 Å². The number of aromatic nitrogens is 2. The van der Waals surface area contributed by atoms with Crippen LogP contribution in [0.2, 0.25) is 0 Å². The Hall–Kier alpha value is -3.02. The highest BCUT2D eigenvalue weighted by Crippen LogP contribution is 2.18. The summed E-state index contributed by atoms with van der Waals surface area (Å²) in [5.41, 5.74) is 3.10. The topological polar surface area (TPSA) is 67.3 Å². The maximum absolute atomic E-state index is 12.5. The Balaban J connectivity index is 1.79. The molecule has 1 amide bonds. The molecule has 0 bridgehead atoms. The molecule has 0 fully saturated rings. The van der Waals surface area contributed by atoms with Gasteiger partial charge in [0.2, 0.25) is 0 Å². The molecule has 0 aliphatic rings. The van der Waals surface area contributed by atoms with Gasteiger partial charge in [0.05, 0.1) is 17.6 Å². The Labute approximate surface area is 164 Å². The molecule has 0 unspecified atom stereocenters. The van der Waals surface area contributed by atoms with Crippen LogP contribution in [0.25, 0.3) is 11.0 Å². The number of aromatic amines is 1. The van der Waals surface area contributed by atoms with Gasteiger partial charge in [-0.1, -0.05) is 42.5 Å². The van der Waals surface area contributed by atoms with Gasteiger partial charge >= 0.3 is 11.8 Å². The van der Waals surface area contributed by atoms with Crippen LogP contribution in [0, 0.1) is 0 Å². The summed E-state index contributed by atoms with van der Waals surface area (Å²) in [5, 5.41) is 0. The van der Waals surface area contributed by atoms with Gasteiger partial charge in [0.15, 0.2) is 0 Å². The molecule has 1 heterocycles. The van der Waals surface area contributed by atoms with E-state index in [4.69, 9.17) is 4.74 Å². The van der Waals surface area contributed by atoms with E-state index < -0.39 is 5.60 Å². The second kappa shape index (κ2) is 7.92. The zero-order valence-corrected chi connectivity index (χ0v) is 16.9. The Morgan fingerprint density at radius 2 is 1.82 bits per heavy atom. The number of nitrogens with zero attached hydrogens (tertiary/aromatic N) is 2. The van der Waals surface area contributed by atoms with Crippen LogP contribution in [0.15, 0.2) is 53.3 Å². The molecule has 1 aromatic heterocycles. The molecule has 0 aliphatic carbocycles. The normalized spacial score (nSPS) is 11.6. The minimum absolute atomic E-state index is 0.133. The number of nitrogens with one attached hydrogen (secondary N) is 1. The van der Waals surface area contributed by atoms with Gasteiger partial charge in [-0.2, -0.15) is 0 Å². The number of benzene rings is 2. The largest absolute Gasteiger partial charge is 0.444 e. The summed E-state index contributed by atoms with van der Waals surface area (Å²) in [5.74, 6) is 0. The summed E-state index contributed by atoms with van der Waals surface area (Å²) in [6, 6.07) is 15.8. The van der Waals surface area contributed by atoms with E-state index in [-0.39, 0.29) is 11.8 Å². The molecule has 1 N–H and O–H groups in total. The molecule has 3 aromatic rings. The number of carbonyl (C=O) groups is 1. The quantitative estimate of drug-likeness (QED) is 0.731. The minimum Gasteiger partial charge on any atom is -0.444 e. The van der Waals surface area contributed by atoms with E-state index in [1.54, 1.807) is 16.5 Å². The standard InChI is InChI=1S/C22H27N3O3/c1-22(2,3)28-21(27)24(4)14-13-17-11-8-12-18-19(17)23-20(26)25(18)15-16-9-6-5-7-10-16/h5-12H,13-15H2,1-4H3,(H,23,26). The van der Waals surface area contributed by atoms with Crippen LogP contribution >= 0.6 is 0 Å². The summed E-state index contributed by atoms with van der Waals surface area (Å²) < 4.78 is 7.13. The Bertz CT molecular complexity index is 1010.